The third kappa shape index (κ3) is 3.58. The molecule has 0 aromatic heterocycles. The Hall–Kier alpha value is -1.46. The zero-order chi connectivity index (χ0) is 18.0. The fourth-order valence-electron chi connectivity index (χ4n) is 4.50. The Kier molecular flexibility index (Phi) is 5.44. The summed E-state index contributed by atoms with van der Waals surface area (Å²) in [6.45, 7) is 2.43. The first-order valence-electron chi connectivity index (χ1n) is 9.24. The van der Waals surface area contributed by atoms with E-state index in [1.807, 2.05) is 6.07 Å². The van der Waals surface area contributed by atoms with Crippen LogP contribution in [0.3, 0.4) is 0 Å². The van der Waals surface area contributed by atoms with Gasteiger partial charge in [0.15, 0.2) is 0 Å². The molecule has 4 nitrogen and oxygen atoms in total. The average molecular weight is 349 g/mol. The van der Waals surface area contributed by atoms with E-state index in [4.69, 9.17) is 15.2 Å². The van der Waals surface area contributed by atoms with Gasteiger partial charge < -0.3 is 15.2 Å². The molecule has 1 aromatic rings. The first-order chi connectivity index (χ1) is 12.0. The van der Waals surface area contributed by atoms with Crippen molar-refractivity contribution in [2.45, 2.75) is 63.3 Å². The number of rotatable bonds is 4. The number of benzene rings is 1. The van der Waals surface area contributed by atoms with Crippen LogP contribution in [0.1, 0.15) is 56.6 Å². The maximum Gasteiger partial charge on any atom is 0.313 e. The third-order valence-electron chi connectivity index (χ3n) is 6.01. The second kappa shape index (κ2) is 7.42. The molecule has 0 spiro atoms. The Morgan fingerprint density at radius 3 is 2.92 bits per heavy atom. The van der Waals surface area contributed by atoms with Crippen LogP contribution in [0.25, 0.3) is 0 Å². The highest BCUT2D eigenvalue weighted by Crippen LogP contribution is 2.47. The molecule has 5 heteroatoms. The van der Waals surface area contributed by atoms with E-state index in [9.17, 15) is 9.18 Å². The molecule has 0 saturated heterocycles. The van der Waals surface area contributed by atoms with E-state index in [0.29, 0.717) is 12.3 Å². The summed E-state index contributed by atoms with van der Waals surface area (Å²) < 4.78 is 25.0. The van der Waals surface area contributed by atoms with E-state index in [2.05, 4.69) is 6.92 Å². The summed E-state index contributed by atoms with van der Waals surface area (Å²) in [4.78, 5) is 11.9. The summed E-state index contributed by atoms with van der Waals surface area (Å²) in [5, 5.41) is 0. The topological polar surface area (TPSA) is 61.5 Å². The van der Waals surface area contributed by atoms with Gasteiger partial charge in [-0.25, -0.2) is 4.39 Å². The van der Waals surface area contributed by atoms with Gasteiger partial charge in [0.2, 0.25) is 0 Å². The van der Waals surface area contributed by atoms with Crippen molar-refractivity contribution >= 4 is 5.97 Å². The van der Waals surface area contributed by atoms with Gasteiger partial charge in [0.25, 0.3) is 0 Å². The monoisotopic (exact) mass is 349 g/mol. The number of halogens is 1. The maximum atomic E-state index is 14.8. The van der Waals surface area contributed by atoms with Crippen LogP contribution in [0.15, 0.2) is 12.1 Å². The zero-order valence-corrected chi connectivity index (χ0v) is 15.1. The smallest absolute Gasteiger partial charge is 0.313 e. The summed E-state index contributed by atoms with van der Waals surface area (Å²) in [6.07, 6.45) is 6.28. The van der Waals surface area contributed by atoms with Crippen molar-refractivity contribution in [1.82, 2.24) is 0 Å². The van der Waals surface area contributed by atoms with Gasteiger partial charge >= 0.3 is 5.97 Å². The van der Waals surface area contributed by atoms with Crippen molar-refractivity contribution in [2.75, 3.05) is 13.7 Å². The molecule has 3 atom stereocenters. The lowest BCUT2D eigenvalue weighted by Crippen LogP contribution is -2.53. The van der Waals surface area contributed by atoms with Crippen molar-refractivity contribution in [3.05, 3.63) is 29.1 Å². The van der Waals surface area contributed by atoms with Crippen molar-refractivity contribution in [1.29, 1.82) is 0 Å². The number of nitrogens with two attached hydrogens (primary N) is 1. The summed E-state index contributed by atoms with van der Waals surface area (Å²) in [7, 11) is 1.53. The van der Waals surface area contributed by atoms with Crippen LogP contribution in [0.2, 0.25) is 0 Å². The number of carbonyl (C=O) groups is 1. The van der Waals surface area contributed by atoms with Gasteiger partial charge in [-0.15, -0.1) is 0 Å². The molecular formula is C20H28FNO3. The minimum Gasteiger partial charge on any atom is -0.426 e. The number of methoxy groups -OCH3 is 1. The lowest BCUT2D eigenvalue weighted by Gasteiger charge is -2.47. The molecule has 2 N–H and O–H groups in total. The molecule has 0 radical (unpaired) electrons. The normalized spacial score (nSPS) is 28.6. The van der Waals surface area contributed by atoms with E-state index >= 15 is 0 Å². The van der Waals surface area contributed by atoms with Gasteiger partial charge in [-0.2, -0.15) is 0 Å². The first kappa shape index (κ1) is 18.3. The quantitative estimate of drug-likeness (QED) is 0.668. The highest BCUT2D eigenvalue weighted by atomic mass is 19.1. The molecule has 1 aromatic carbocycles. The fourth-order valence-corrected chi connectivity index (χ4v) is 4.50. The van der Waals surface area contributed by atoms with Crippen LogP contribution >= 0.6 is 0 Å². The Bertz CT molecular complexity index is 648. The van der Waals surface area contributed by atoms with Gasteiger partial charge in [0.1, 0.15) is 11.6 Å². The van der Waals surface area contributed by atoms with E-state index < -0.39 is 5.97 Å². The number of ether oxygens (including phenoxy) is 2. The zero-order valence-electron chi connectivity index (χ0n) is 15.1. The van der Waals surface area contributed by atoms with Crippen LogP contribution in [-0.4, -0.2) is 25.7 Å². The molecule has 3 rings (SSSR count). The largest absolute Gasteiger partial charge is 0.426 e. The molecule has 0 heterocycles. The molecule has 2 aliphatic carbocycles. The van der Waals surface area contributed by atoms with Crippen molar-refractivity contribution in [2.24, 2.45) is 11.7 Å². The van der Waals surface area contributed by atoms with Crippen LogP contribution in [0, 0.1) is 11.7 Å². The van der Waals surface area contributed by atoms with Gasteiger partial charge in [0, 0.05) is 24.6 Å². The SMILES string of the molecule is COCCC(=O)Oc1cc(F)c2c(c1)[C@@]1(C)CCCCC[C@@H](C2)[C@@H]1N. The van der Waals surface area contributed by atoms with Gasteiger partial charge in [-0.3, -0.25) is 4.79 Å². The van der Waals surface area contributed by atoms with Gasteiger partial charge in [-0.1, -0.05) is 26.2 Å². The number of hydrogen-bond donors (Lipinski definition) is 1. The lowest BCUT2D eigenvalue weighted by atomic mass is 9.60. The molecule has 1 fully saturated rings. The number of carbonyl (C=O) groups excluding carboxylic acids is 1. The predicted octanol–water partition coefficient (Wildman–Crippen LogP) is 3.49. The van der Waals surface area contributed by atoms with E-state index in [0.717, 1.165) is 30.4 Å². The van der Waals surface area contributed by atoms with Crippen molar-refractivity contribution in [3.63, 3.8) is 0 Å². The number of esters is 1. The average Bonchev–Trinajstić information content (AvgIpc) is 2.57. The van der Waals surface area contributed by atoms with Gasteiger partial charge in [-0.05, 0) is 42.4 Å². The molecular weight excluding hydrogens is 321 g/mol. The van der Waals surface area contributed by atoms with Crippen molar-refractivity contribution in [3.8, 4) is 5.75 Å². The van der Waals surface area contributed by atoms with Crippen LogP contribution in [0.4, 0.5) is 4.39 Å². The van der Waals surface area contributed by atoms with Crippen molar-refractivity contribution < 1.29 is 18.7 Å². The summed E-state index contributed by atoms with van der Waals surface area (Å²) in [5.74, 6) is -0.105. The summed E-state index contributed by atoms with van der Waals surface area (Å²) in [6, 6.07) is 3.18. The Morgan fingerprint density at radius 1 is 1.36 bits per heavy atom. The van der Waals surface area contributed by atoms with Gasteiger partial charge in [0.05, 0.1) is 13.0 Å². The highest BCUT2D eigenvalue weighted by Gasteiger charge is 2.45. The second-order valence-electron chi connectivity index (χ2n) is 7.65. The Morgan fingerprint density at radius 2 is 2.16 bits per heavy atom. The molecule has 2 aliphatic rings. The molecule has 25 heavy (non-hydrogen) atoms. The lowest BCUT2D eigenvalue weighted by molar-refractivity contribution is -0.135. The number of fused-ring (bicyclic) bond motifs is 4. The minimum atomic E-state index is -0.415. The number of hydrogen-bond acceptors (Lipinski definition) is 4. The predicted molar refractivity (Wildman–Crippen MR) is 94.1 cm³/mol. The molecule has 0 amide bonds. The van der Waals surface area contributed by atoms with E-state index in [1.54, 1.807) is 0 Å². The first-order valence-corrected chi connectivity index (χ1v) is 9.24. The Balaban J connectivity index is 1.95. The van der Waals surface area contributed by atoms with Crippen LogP contribution in [0.5, 0.6) is 5.75 Å². The standard InChI is InChI=1S/C20H28FNO3/c1-20-8-5-3-4-6-13(19(20)22)10-15-16(20)11-14(12-17(15)21)25-18(23)7-9-24-2/h11-13,19H,3-10,22H2,1-2H3/t13-,19-,20+/m0/s1. The van der Waals surface area contributed by atoms with E-state index in [-0.39, 0.29) is 36.1 Å². The minimum absolute atomic E-state index is 0.0131. The van der Waals surface area contributed by atoms with Crippen LogP contribution < -0.4 is 10.5 Å². The highest BCUT2D eigenvalue weighted by molar-refractivity contribution is 5.72. The maximum absolute atomic E-state index is 14.8. The van der Waals surface area contributed by atoms with E-state index in [1.165, 1.54) is 26.0 Å². The summed E-state index contributed by atoms with van der Waals surface area (Å²) >= 11 is 0. The fraction of sp³-hybridized carbons (Fsp3) is 0.650. The molecule has 0 unspecified atom stereocenters. The van der Waals surface area contributed by atoms with Crippen LogP contribution in [-0.2, 0) is 21.4 Å². The third-order valence-corrected chi connectivity index (χ3v) is 6.01. The Labute approximate surface area is 148 Å². The second-order valence-corrected chi connectivity index (χ2v) is 7.65. The summed E-state index contributed by atoms with van der Waals surface area (Å²) in [5.41, 5.74) is 8.03. The molecule has 0 aliphatic heterocycles. The molecule has 1 saturated carbocycles. The molecule has 2 bridgehead atoms. The molecule has 138 valence electrons.